The average Bonchev–Trinajstić information content (AvgIpc) is 2.43. The van der Waals surface area contributed by atoms with Crippen molar-refractivity contribution in [2.75, 3.05) is 13.2 Å². The van der Waals surface area contributed by atoms with Crippen molar-refractivity contribution in [3.05, 3.63) is 24.0 Å². The van der Waals surface area contributed by atoms with Gasteiger partial charge in [-0.05, 0) is 31.3 Å². The molecular weight excluding hydrogens is 228 g/mol. The van der Waals surface area contributed by atoms with E-state index < -0.39 is 6.10 Å². The summed E-state index contributed by atoms with van der Waals surface area (Å²) in [6.45, 7) is 2.99. The van der Waals surface area contributed by atoms with Gasteiger partial charge in [-0.3, -0.25) is 0 Å². The van der Waals surface area contributed by atoms with Crippen LogP contribution < -0.4 is 0 Å². The van der Waals surface area contributed by atoms with Crippen LogP contribution in [0.5, 0.6) is 0 Å². The Morgan fingerprint density at radius 1 is 1.28 bits per heavy atom. The van der Waals surface area contributed by atoms with Crippen LogP contribution in [0.1, 0.15) is 45.4 Å². The van der Waals surface area contributed by atoms with Gasteiger partial charge in [0.2, 0.25) is 0 Å². The second-order valence-corrected chi connectivity index (χ2v) is 4.99. The molecule has 1 heterocycles. The van der Waals surface area contributed by atoms with Crippen molar-refractivity contribution in [3.63, 3.8) is 0 Å². The Morgan fingerprint density at radius 2 is 2.11 bits per heavy atom. The van der Waals surface area contributed by atoms with E-state index in [-0.39, 0.29) is 6.61 Å². The molecule has 1 aliphatic rings. The Hall–Kier alpha value is -0.800. The summed E-state index contributed by atoms with van der Waals surface area (Å²) in [4.78, 5) is 0. The highest BCUT2D eigenvalue weighted by atomic mass is 16.5. The Bertz CT molecular complexity index is 271. The number of ether oxygens (including phenoxy) is 1. The zero-order valence-corrected chi connectivity index (χ0v) is 11.3. The second-order valence-electron chi connectivity index (χ2n) is 4.99. The highest BCUT2D eigenvalue weighted by Crippen LogP contribution is 2.20. The first-order chi connectivity index (χ1) is 8.77. The quantitative estimate of drug-likeness (QED) is 0.622. The Kier molecular flexibility index (Phi) is 7.78. The molecule has 0 radical (unpaired) electrons. The number of hydrogen-bond acceptors (Lipinski definition) is 3. The molecule has 0 aliphatic carbocycles. The summed E-state index contributed by atoms with van der Waals surface area (Å²) in [6.07, 6.45) is 11.2. The van der Waals surface area contributed by atoms with Crippen molar-refractivity contribution in [3.8, 4) is 0 Å². The van der Waals surface area contributed by atoms with E-state index in [2.05, 4.69) is 6.92 Å². The fourth-order valence-corrected chi connectivity index (χ4v) is 2.18. The Morgan fingerprint density at radius 3 is 2.72 bits per heavy atom. The van der Waals surface area contributed by atoms with Crippen LogP contribution in [-0.4, -0.2) is 29.5 Å². The molecule has 0 aromatic heterocycles. The van der Waals surface area contributed by atoms with Crippen LogP contribution in [0.2, 0.25) is 0 Å². The molecule has 0 amide bonds. The van der Waals surface area contributed by atoms with Crippen molar-refractivity contribution in [2.24, 2.45) is 5.92 Å². The van der Waals surface area contributed by atoms with Crippen LogP contribution in [0.4, 0.5) is 0 Å². The van der Waals surface area contributed by atoms with Crippen molar-refractivity contribution >= 4 is 0 Å². The highest BCUT2D eigenvalue weighted by Gasteiger charge is 2.14. The van der Waals surface area contributed by atoms with Gasteiger partial charge in [-0.1, -0.05) is 32.3 Å². The number of hydrogen-bond donors (Lipinski definition) is 2. The predicted octanol–water partition coefficient (Wildman–Crippen LogP) is 2.79. The third-order valence-electron chi connectivity index (χ3n) is 3.43. The van der Waals surface area contributed by atoms with Gasteiger partial charge in [0, 0.05) is 12.2 Å². The maximum absolute atomic E-state index is 10.0. The van der Waals surface area contributed by atoms with Crippen LogP contribution in [0.15, 0.2) is 24.0 Å². The summed E-state index contributed by atoms with van der Waals surface area (Å²) in [5.74, 6) is 0.320. The molecule has 0 fully saturated rings. The molecule has 0 saturated heterocycles. The molecule has 3 nitrogen and oxygen atoms in total. The highest BCUT2D eigenvalue weighted by molar-refractivity contribution is 5.23. The lowest BCUT2D eigenvalue weighted by molar-refractivity contribution is 0.157. The minimum Gasteiger partial charge on any atom is -0.497 e. The van der Waals surface area contributed by atoms with Gasteiger partial charge < -0.3 is 14.9 Å². The number of aliphatic hydroxyl groups is 2. The fraction of sp³-hybridized carbons (Fsp3) is 0.733. The number of unbranched alkanes of at least 4 members (excludes halogenated alkanes) is 2. The van der Waals surface area contributed by atoms with Crippen LogP contribution >= 0.6 is 0 Å². The minimum atomic E-state index is -0.471. The van der Waals surface area contributed by atoms with E-state index in [1.165, 1.54) is 19.3 Å². The third kappa shape index (κ3) is 5.69. The molecule has 2 atom stereocenters. The second kappa shape index (κ2) is 9.17. The summed E-state index contributed by atoms with van der Waals surface area (Å²) in [5, 5.41) is 19.3. The zero-order chi connectivity index (χ0) is 13.2. The molecule has 0 saturated carbocycles. The normalized spacial score (nSPS) is 18.1. The molecule has 0 aromatic carbocycles. The smallest absolute Gasteiger partial charge is 0.106 e. The van der Waals surface area contributed by atoms with Crippen molar-refractivity contribution < 1.29 is 14.9 Å². The summed E-state index contributed by atoms with van der Waals surface area (Å²) in [6, 6.07) is 0. The molecule has 1 rings (SSSR count). The van der Waals surface area contributed by atoms with Crippen LogP contribution in [-0.2, 0) is 4.74 Å². The average molecular weight is 254 g/mol. The predicted molar refractivity (Wildman–Crippen MR) is 73.1 cm³/mol. The lowest BCUT2D eigenvalue weighted by Gasteiger charge is -2.18. The maximum Gasteiger partial charge on any atom is 0.106 e. The molecule has 104 valence electrons. The Labute approximate surface area is 110 Å². The van der Waals surface area contributed by atoms with E-state index in [9.17, 15) is 10.2 Å². The van der Waals surface area contributed by atoms with Crippen molar-refractivity contribution in [1.29, 1.82) is 0 Å². The largest absolute Gasteiger partial charge is 0.497 e. The molecule has 2 N–H and O–H groups in total. The minimum absolute atomic E-state index is 0.224. The number of rotatable bonds is 9. The van der Waals surface area contributed by atoms with E-state index in [0.29, 0.717) is 18.9 Å². The van der Waals surface area contributed by atoms with Crippen LogP contribution in [0.25, 0.3) is 0 Å². The molecule has 0 aromatic rings. The molecule has 18 heavy (non-hydrogen) atoms. The third-order valence-corrected chi connectivity index (χ3v) is 3.43. The standard InChI is InChI=1S/C15H26O3/c1-2-3-4-6-13(11-16)8-9-15(17)14-7-5-10-18-12-14/h5,7,12-13,15-17H,2-4,6,8-11H2,1H3. The molecule has 0 spiro atoms. The van der Waals surface area contributed by atoms with Crippen molar-refractivity contribution in [1.82, 2.24) is 0 Å². The lowest BCUT2D eigenvalue weighted by atomic mass is 9.93. The first-order valence-electron chi connectivity index (χ1n) is 7.05. The number of aliphatic hydroxyl groups excluding tert-OH is 2. The Balaban J connectivity index is 2.24. The maximum atomic E-state index is 10.0. The van der Waals surface area contributed by atoms with Gasteiger partial charge in [0.25, 0.3) is 0 Å². The van der Waals surface area contributed by atoms with E-state index in [0.717, 1.165) is 18.4 Å². The van der Waals surface area contributed by atoms with Gasteiger partial charge >= 0.3 is 0 Å². The summed E-state index contributed by atoms with van der Waals surface area (Å²) in [5.41, 5.74) is 0.839. The first-order valence-corrected chi connectivity index (χ1v) is 7.05. The molecule has 1 aliphatic heterocycles. The van der Waals surface area contributed by atoms with Crippen LogP contribution in [0, 0.1) is 5.92 Å². The van der Waals surface area contributed by atoms with Gasteiger partial charge in [-0.2, -0.15) is 0 Å². The molecule has 3 heteroatoms. The topological polar surface area (TPSA) is 49.7 Å². The summed E-state index contributed by atoms with van der Waals surface area (Å²) >= 11 is 0. The van der Waals surface area contributed by atoms with Gasteiger partial charge in [0.05, 0.1) is 12.4 Å². The van der Waals surface area contributed by atoms with E-state index in [4.69, 9.17) is 4.74 Å². The first kappa shape index (κ1) is 15.3. The van der Waals surface area contributed by atoms with Gasteiger partial charge in [-0.15, -0.1) is 0 Å². The molecular formula is C15H26O3. The molecule has 0 bridgehead atoms. The summed E-state index contributed by atoms with van der Waals surface area (Å²) < 4.78 is 5.16. The SMILES string of the molecule is CCCCCC(CO)CCC(O)C1=COCC=C1. The monoisotopic (exact) mass is 254 g/mol. The van der Waals surface area contributed by atoms with Gasteiger partial charge in [0.15, 0.2) is 0 Å². The molecule has 2 unspecified atom stereocenters. The van der Waals surface area contributed by atoms with Crippen LogP contribution in [0.3, 0.4) is 0 Å². The fourth-order valence-electron chi connectivity index (χ4n) is 2.18. The lowest BCUT2D eigenvalue weighted by Crippen LogP contribution is -2.15. The van der Waals surface area contributed by atoms with Gasteiger partial charge in [-0.25, -0.2) is 0 Å². The van der Waals surface area contributed by atoms with Gasteiger partial charge in [0.1, 0.15) is 6.61 Å². The van der Waals surface area contributed by atoms with E-state index in [1.807, 2.05) is 12.2 Å². The zero-order valence-electron chi connectivity index (χ0n) is 11.3. The summed E-state index contributed by atoms with van der Waals surface area (Å²) in [7, 11) is 0. The van der Waals surface area contributed by atoms with E-state index in [1.54, 1.807) is 6.26 Å². The van der Waals surface area contributed by atoms with E-state index >= 15 is 0 Å². The van der Waals surface area contributed by atoms with Crippen molar-refractivity contribution in [2.45, 2.75) is 51.6 Å².